The monoisotopic (exact) mass is 518 g/mol. The molecule has 0 radical (unpaired) electrons. The smallest absolute Gasteiger partial charge is 0.306 e. The van der Waals surface area contributed by atoms with Crippen LogP contribution in [-0.4, -0.2) is 47.1 Å². The first-order valence-corrected chi connectivity index (χ1v) is 15.9. The summed E-state index contributed by atoms with van der Waals surface area (Å²) in [6, 6.07) is 0. The number of nitrogens with two attached hydrogens (primary N) is 1. The highest BCUT2D eigenvalue weighted by Crippen LogP contribution is 2.68. The van der Waals surface area contributed by atoms with E-state index in [4.69, 9.17) is 4.74 Å². The Kier molecular flexibility index (Phi) is 7.84. The summed E-state index contributed by atoms with van der Waals surface area (Å²) in [5.41, 5.74) is 0.180. The Bertz CT molecular complexity index is 824. The van der Waals surface area contributed by atoms with Gasteiger partial charge in [0.25, 0.3) is 0 Å². The quantitative estimate of drug-likeness (QED) is 0.446. The third kappa shape index (κ3) is 5.04. The molecule has 0 aromatic heterocycles. The van der Waals surface area contributed by atoms with Gasteiger partial charge in [0.15, 0.2) is 0 Å². The van der Waals surface area contributed by atoms with Crippen LogP contribution in [0.4, 0.5) is 0 Å². The number of fused-ring (bicyclic) bond motifs is 5. The minimum Gasteiger partial charge on any atom is -0.459 e. The number of ether oxygens (including phenoxy) is 1. The molecule has 212 valence electrons. The van der Waals surface area contributed by atoms with Crippen molar-refractivity contribution in [1.82, 2.24) is 0 Å². The van der Waals surface area contributed by atoms with E-state index in [0.29, 0.717) is 47.8 Å². The fourth-order valence-corrected chi connectivity index (χ4v) is 10.8. The molecule has 5 aliphatic rings. The molecule has 1 saturated heterocycles. The molecule has 5 nitrogen and oxygen atoms in total. The van der Waals surface area contributed by atoms with Crippen LogP contribution >= 0.6 is 0 Å². The number of piperidine rings is 1. The maximum Gasteiger partial charge on any atom is 0.306 e. The summed E-state index contributed by atoms with van der Waals surface area (Å²) in [6.45, 7) is 13.9. The van der Waals surface area contributed by atoms with Crippen LogP contribution in [0.15, 0.2) is 0 Å². The maximum absolute atomic E-state index is 12.9. The maximum atomic E-state index is 12.9. The Morgan fingerprint density at radius 2 is 1.65 bits per heavy atom. The molecule has 0 aromatic rings. The predicted molar refractivity (Wildman–Crippen MR) is 146 cm³/mol. The molecule has 1 aliphatic heterocycles. The van der Waals surface area contributed by atoms with Gasteiger partial charge in [0, 0.05) is 25.2 Å². The second kappa shape index (κ2) is 10.4. The molecule has 4 saturated carbocycles. The predicted octanol–water partition coefficient (Wildman–Crippen LogP) is 4.69. The number of aliphatic hydroxyl groups is 2. The Hall–Kier alpha value is -0.650. The molecule has 10 atom stereocenters. The summed E-state index contributed by atoms with van der Waals surface area (Å²) in [5, 5.41) is 24.2. The van der Waals surface area contributed by atoms with E-state index in [9.17, 15) is 15.0 Å². The number of quaternary nitrogens is 1. The fourth-order valence-electron chi connectivity index (χ4n) is 10.8. The number of hydrogen-bond acceptors (Lipinski definition) is 4. The van der Waals surface area contributed by atoms with Crippen LogP contribution in [0.25, 0.3) is 0 Å². The lowest BCUT2D eigenvalue weighted by Gasteiger charge is -2.62. The first-order valence-electron chi connectivity index (χ1n) is 15.9. The van der Waals surface area contributed by atoms with Gasteiger partial charge in [-0.05, 0) is 118 Å². The minimum absolute atomic E-state index is 0.0176. The second-order valence-corrected chi connectivity index (χ2v) is 15.2. The van der Waals surface area contributed by atoms with Gasteiger partial charge in [-0.25, -0.2) is 0 Å². The van der Waals surface area contributed by atoms with Crippen molar-refractivity contribution in [1.29, 1.82) is 0 Å². The summed E-state index contributed by atoms with van der Waals surface area (Å²) < 4.78 is 6.07. The minimum atomic E-state index is -0.363. The van der Waals surface area contributed by atoms with E-state index in [0.717, 1.165) is 58.0 Å². The van der Waals surface area contributed by atoms with Crippen LogP contribution in [0.2, 0.25) is 0 Å². The van der Waals surface area contributed by atoms with Crippen molar-refractivity contribution < 1.29 is 25.1 Å². The second-order valence-electron chi connectivity index (χ2n) is 15.2. The van der Waals surface area contributed by atoms with Gasteiger partial charge >= 0.3 is 5.97 Å². The molecule has 5 heteroatoms. The molecule has 4 N–H and O–H groups in total. The Labute approximate surface area is 225 Å². The number of hydrogen-bond donors (Lipinski definition) is 3. The lowest BCUT2D eigenvalue weighted by Crippen LogP contribution is -2.86. The summed E-state index contributed by atoms with van der Waals surface area (Å²) in [5.74, 6) is 3.64. The number of carbonyl (C=O) groups excluding carboxylic acids is 1. The topological polar surface area (TPSA) is 83.4 Å². The van der Waals surface area contributed by atoms with Crippen LogP contribution in [0.3, 0.4) is 0 Å². The van der Waals surface area contributed by atoms with E-state index in [1.54, 1.807) is 0 Å². The van der Waals surface area contributed by atoms with Gasteiger partial charge in [0.05, 0.1) is 25.3 Å². The Morgan fingerprint density at radius 1 is 0.973 bits per heavy atom. The highest BCUT2D eigenvalue weighted by Gasteiger charge is 2.62. The average molecular weight is 519 g/mol. The SMILES string of the molecule is C[C@H](CCC(=O)OC(C)(C)C1CC[NH2+]CC1)[C@H]1CC[C@H]2[C@@H]3C(O)C[C@@H]4CC(O)CC[C@]4(C)[C@H]3CC[C@]12C. The van der Waals surface area contributed by atoms with Crippen LogP contribution in [-0.2, 0) is 9.53 Å². The third-order valence-corrected chi connectivity index (χ3v) is 13.0. The summed E-state index contributed by atoms with van der Waals surface area (Å²) in [4.78, 5) is 12.9. The summed E-state index contributed by atoms with van der Waals surface area (Å²) in [6.07, 6.45) is 12.0. The van der Waals surface area contributed by atoms with Crippen molar-refractivity contribution in [3.63, 3.8) is 0 Å². The van der Waals surface area contributed by atoms with Crippen LogP contribution in [0, 0.1) is 52.3 Å². The number of carbonyl (C=O) groups is 1. The van der Waals surface area contributed by atoms with E-state index in [-0.39, 0.29) is 34.6 Å². The first kappa shape index (κ1) is 27.9. The van der Waals surface area contributed by atoms with Crippen molar-refractivity contribution >= 4 is 5.97 Å². The molecular formula is C32H56NO4+. The molecule has 1 heterocycles. The standard InChI is InChI=1S/C32H55NO4/c1-20(6-9-28(36)37-30(2,3)21-12-16-33-17-13-21)24-7-8-25-29-26(11-15-32(24,25)5)31(4)14-10-23(34)18-22(31)19-27(29)35/h20-27,29,33-35H,6-19H2,1-5H3/p+1/t20-,22+,23?,24-,25+,26+,27?,29+,31+,32-/m1/s1. The van der Waals surface area contributed by atoms with Crippen molar-refractivity contribution in [3.8, 4) is 0 Å². The van der Waals surface area contributed by atoms with E-state index in [2.05, 4.69) is 39.9 Å². The first-order chi connectivity index (χ1) is 17.5. The van der Waals surface area contributed by atoms with Gasteiger partial charge in [-0.1, -0.05) is 20.8 Å². The summed E-state index contributed by atoms with van der Waals surface area (Å²) >= 11 is 0. The molecule has 37 heavy (non-hydrogen) atoms. The van der Waals surface area contributed by atoms with Crippen LogP contribution < -0.4 is 5.32 Å². The van der Waals surface area contributed by atoms with Crippen LogP contribution in [0.5, 0.6) is 0 Å². The van der Waals surface area contributed by atoms with Gasteiger partial charge in [-0.2, -0.15) is 0 Å². The molecule has 5 rings (SSSR count). The molecule has 4 aliphatic carbocycles. The van der Waals surface area contributed by atoms with E-state index in [1.807, 2.05) is 0 Å². The van der Waals surface area contributed by atoms with Gasteiger partial charge < -0.3 is 20.3 Å². The largest absolute Gasteiger partial charge is 0.459 e. The molecular weight excluding hydrogens is 462 g/mol. The Balaban J connectivity index is 1.20. The zero-order chi connectivity index (χ0) is 26.6. The number of esters is 1. The van der Waals surface area contributed by atoms with Gasteiger partial charge in [0.1, 0.15) is 5.60 Å². The molecule has 0 aromatic carbocycles. The van der Waals surface area contributed by atoms with Crippen molar-refractivity contribution in [3.05, 3.63) is 0 Å². The summed E-state index contributed by atoms with van der Waals surface area (Å²) in [7, 11) is 0. The van der Waals surface area contributed by atoms with E-state index in [1.165, 1.54) is 25.7 Å². The lowest BCUT2D eigenvalue weighted by molar-refractivity contribution is -0.665. The van der Waals surface area contributed by atoms with E-state index >= 15 is 0 Å². The molecule has 0 bridgehead atoms. The molecule has 2 unspecified atom stereocenters. The van der Waals surface area contributed by atoms with E-state index < -0.39 is 0 Å². The van der Waals surface area contributed by atoms with Gasteiger partial charge in [-0.15, -0.1) is 0 Å². The normalized spacial score (nSPS) is 45.4. The fraction of sp³-hybridized carbons (Fsp3) is 0.969. The zero-order valence-corrected chi connectivity index (χ0v) is 24.4. The molecule has 0 amide bonds. The van der Waals surface area contributed by atoms with Crippen molar-refractivity contribution in [2.24, 2.45) is 52.3 Å². The highest BCUT2D eigenvalue weighted by molar-refractivity contribution is 5.69. The average Bonchev–Trinajstić information content (AvgIpc) is 3.21. The van der Waals surface area contributed by atoms with Crippen molar-refractivity contribution in [2.45, 2.75) is 129 Å². The third-order valence-electron chi connectivity index (χ3n) is 13.0. The molecule has 5 fully saturated rings. The van der Waals surface area contributed by atoms with Crippen LogP contribution in [0.1, 0.15) is 112 Å². The Morgan fingerprint density at radius 3 is 2.38 bits per heavy atom. The zero-order valence-electron chi connectivity index (χ0n) is 24.4. The number of aliphatic hydroxyl groups excluding tert-OH is 2. The highest BCUT2D eigenvalue weighted by atomic mass is 16.6. The van der Waals surface area contributed by atoms with Crippen molar-refractivity contribution in [2.75, 3.05) is 13.1 Å². The number of rotatable bonds is 6. The van der Waals surface area contributed by atoms with Gasteiger partial charge in [-0.3, -0.25) is 4.79 Å². The molecule has 0 spiro atoms. The van der Waals surface area contributed by atoms with Gasteiger partial charge in [0.2, 0.25) is 0 Å². The lowest BCUT2D eigenvalue weighted by atomic mass is 9.43.